The maximum atomic E-state index is 12.9. The van der Waals surface area contributed by atoms with Gasteiger partial charge >= 0.3 is 6.36 Å². The zero-order valence-electron chi connectivity index (χ0n) is 19.7. The van der Waals surface area contributed by atoms with Crippen molar-refractivity contribution in [2.75, 3.05) is 0 Å². The monoisotopic (exact) mass is 594 g/mol. The molecule has 0 aliphatic rings. The van der Waals surface area contributed by atoms with E-state index in [0.29, 0.717) is 38.0 Å². The fourth-order valence-electron chi connectivity index (χ4n) is 3.97. The van der Waals surface area contributed by atoms with Gasteiger partial charge in [-0.2, -0.15) is 0 Å². The summed E-state index contributed by atoms with van der Waals surface area (Å²) in [6, 6.07) is 19.3. The molecule has 0 bridgehead atoms. The van der Waals surface area contributed by atoms with Crippen LogP contribution in [0.1, 0.15) is 11.4 Å². The molecule has 3 aromatic carbocycles. The van der Waals surface area contributed by atoms with Crippen LogP contribution in [0.2, 0.25) is 10.0 Å². The predicted molar refractivity (Wildman–Crippen MR) is 147 cm³/mol. The first-order chi connectivity index (χ1) is 18.2. The maximum Gasteiger partial charge on any atom is 0.573 e. The molecule has 0 spiro atoms. The zero-order chi connectivity index (χ0) is 26.9. The van der Waals surface area contributed by atoms with Crippen LogP contribution >= 0.6 is 46.7 Å². The van der Waals surface area contributed by atoms with E-state index in [1.807, 2.05) is 19.2 Å². The number of aromatic nitrogens is 4. The number of thioether (sulfide) groups is 2. The number of rotatable bonds is 8. The van der Waals surface area contributed by atoms with Gasteiger partial charge in [-0.05, 0) is 24.3 Å². The number of nitrogens with zero attached hydrogens (tertiary/aromatic N) is 4. The molecule has 0 radical (unpaired) electrons. The van der Waals surface area contributed by atoms with Crippen molar-refractivity contribution in [3.63, 3.8) is 0 Å². The summed E-state index contributed by atoms with van der Waals surface area (Å²) < 4.78 is 46.7. The lowest BCUT2D eigenvalue weighted by atomic mass is 10.2. The highest BCUT2D eigenvalue weighted by atomic mass is 35.5. The first-order valence-corrected chi connectivity index (χ1v) is 14.0. The number of fused-ring (bicyclic) bond motifs is 1. The second-order valence-corrected chi connectivity index (χ2v) is 10.9. The van der Waals surface area contributed by atoms with Crippen LogP contribution in [-0.2, 0) is 18.6 Å². The molecule has 0 saturated heterocycles. The number of para-hydroxylation sites is 3. The second-order valence-electron chi connectivity index (χ2n) is 8.16. The summed E-state index contributed by atoms with van der Waals surface area (Å²) in [6.45, 7) is 0. The molecule has 0 fully saturated rings. The third-order valence-electron chi connectivity index (χ3n) is 5.63. The van der Waals surface area contributed by atoms with Crippen molar-refractivity contribution >= 4 is 57.6 Å². The van der Waals surface area contributed by atoms with Gasteiger partial charge in [0.05, 0.1) is 21.5 Å². The normalized spacial score (nSPS) is 11.8. The summed E-state index contributed by atoms with van der Waals surface area (Å²) in [5.41, 5.74) is 1.99. The lowest BCUT2D eigenvalue weighted by molar-refractivity contribution is -0.274. The van der Waals surface area contributed by atoms with Crippen molar-refractivity contribution in [3.05, 3.63) is 94.4 Å². The number of halogens is 5. The molecule has 0 atom stereocenters. The lowest BCUT2D eigenvalue weighted by Crippen LogP contribution is -2.18. The molecular formula is C26H19Cl2F3N4OS2. The Morgan fingerprint density at radius 2 is 1.58 bits per heavy atom. The van der Waals surface area contributed by atoms with Gasteiger partial charge < -0.3 is 9.30 Å². The molecule has 5 rings (SSSR count). The molecule has 38 heavy (non-hydrogen) atoms. The molecule has 0 aliphatic carbocycles. The van der Waals surface area contributed by atoms with Gasteiger partial charge in [-0.3, -0.25) is 4.57 Å². The van der Waals surface area contributed by atoms with Gasteiger partial charge in [0.25, 0.3) is 0 Å². The number of hydrogen-bond donors (Lipinski definition) is 0. The van der Waals surface area contributed by atoms with Gasteiger partial charge in [0, 0.05) is 40.4 Å². The Hall–Kier alpha value is -2.79. The van der Waals surface area contributed by atoms with E-state index in [4.69, 9.17) is 23.2 Å². The van der Waals surface area contributed by atoms with E-state index in [1.165, 1.54) is 23.9 Å². The molecule has 0 unspecified atom stereocenters. The van der Waals surface area contributed by atoms with E-state index in [0.717, 1.165) is 15.8 Å². The standard InChI is InChI=1S/C26H19Cl2F3N4OS2/c1-34-13-22(17-8-3-4-11-20(17)34)37-15-23-32-33-25(35(23)24-18(27)9-6-10-19(24)28)38-14-16-7-2-5-12-21(16)36-26(29,30)31/h2-13H,14-15H2,1H3. The molecule has 2 heterocycles. The SMILES string of the molecule is Cn1cc(SCc2nnc(SCc3ccccc3OC(F)(F)F)n2-c2c(Cl)cccc2Cl)c2ccccc21. The average Bonchev–Trinajstić information content (AvgIpc) is 3.42. The zero-order valence-corrected chi connectivity index (χ0v) is 22.9. The quantitative estimate of drug-likeness (QED) is 0.168. The van der Waals surface area contributed by atoms with E-state index in [1.54, 1.807) is 46.7 Å². The summed E-state index contributed by atoms with van der Waals surface area (Å²) in [4.78, 5) is 1.08. The minimum Gasteiger partial charge on any atom is -0.405 e. The molecule has 12 heteroatoms. The summed E-state index contributed by atoms with van der Waals surface area (Å²) in [7, 11) is 1.99. The summed E-state index contributed by atoms with van der Waals surface area (Å²) in [5.74, 6) is 0.945. The smallest absolute Gasteiger partial charge is 0.405 e. The molecule has 0 saturated carbocycles. The van der Waals surface area contributed by atoms with Crippen LogP contribution in [0.4, 0.5) is 13.2 Å². The van der Waals surface area contributed by atoms with Crippen molar-refractivity contribution in [1.82, 2.24) is 19.3 Å². The van der Waals surface area contributed by atoms with Gasteiger partial charge in [0.15, 0.2) is 5.16 Å². The Bertz CT molecular complexity index is 1580. The highest BCUT2D eigenvalue weighted by molar-refractivity contribution is 7.99. The first-order valence-electron chi connectivity index (χ1n) is 11.2. The fourth-order valence-corrected chi connectivity index (χ4v) is 6.51. The Labute approximate surface area is 234 Å². The van der Waals surface area contributed by atoms with Crippen LogP contribution in [-0.4, -0.2) is 25.7 Å². The molecule has 196 valence electrons. The van der Waals surface area contributed by atoms with Crippen molar-refractivity contribution < 1.29 is 17.9 Å². The van der Waals surface area contributed by atoms with E-state index in [-0.39, 0.29) is 11.5 Å². The minimum absolute atomic E-state index is 0.156. The first kappa shape index (κ1) is 26.8. The summed E-state index contributed by atoms with van der Waals surface area (Å²) in [5, 5.41) is 11.1. The van der Waals surface area contributed by atoms with Crippen LogP contribution in [0, 0.1) is 0 Å². The van der Waals surface area contributed by atoms with Crippen molar-refractivity contribution in [3.8, 4) is 11.4 Å². The summed E-state index contributed by atoms with van der Waals surface area (Å²) >= 11 is 15.9. The molecule has 0 N–H and O–H groups in total. The van der Waals surface area contributed by atoms with Crippen molar-refractivity contribution in [2.24, 2.45) is 7.05 Å². The number of ether oxygens (including phenoxy) is 1. The lowest BCUT2D eigenvalue weighted by Gasteiger charge is -2.15. The van der Waals surface area contributed by atoms with E-state index >= 15 is 0 Å². The number of alkyl halides is 3. The summed E-state index contributed by atoms with van der Waals surface area (Å²) in [6.07, 6.45) is -2.73. The maximum absolute atomic E-state index is 12.9. The molecule has 5 nitrogen and oxygen atoms in total. The van der Waals surface area contributed by atoms with Crippen molar-refractivity contribution in [2.45, 2.75) is 27.9 Å². The second kappa shape index (κ2) is 11.1. The van der Waals surface area contributed by atoms with Gasteiger partial charge in [-0.15, -0.1) is 35.1 Å². The van der Waals surface area contributed by atoms with Crippen LogP contribution < -0.4 is 4.74 Å². The number of aryl methyl sites for hydroxylation is 1. The van der Waals surface area contributed by atoms with Gasteiger partial charge in [0.2, 0.25) is 0 Å². The van der Waals surface area contributed by atoms with Crippen LogP contribution in [0.15, 0.2) is 83.0 Å². The van der Waals surface area contributed by atoms with Gasteiger partial charge in [-0.1, -0.05) is 77.4 Å². The highest BCUT2D eigenvalue weighted by Gasteiger charge is 2.32. The van der Waals surface area contributed by atoms with Crippen LogP contribution in [0.3, 0.4) is 0 Å². The number of hydrogen-bond acceptors (Lipinski definition) is 5. The highest BCUT2D eigenvalue weighted by Crippen LogP contribution is 2.38. The topological polar surface area (TPSA) is 44.9 Å². The molecule has 0 amide bonds. The van der Waals surface area contributed by atoms with E-state index in [9.17, 15) is 13.2 Å². The molecular weight excluding hydrogens is 576 g/mol. The Morgan fingerprint density at radius 3 is 2.34 bits per heavy atom. The van der Waals surface area contributed by atoms with Gasteiger partial charge in [-0.25, -0.2) is 0 Å². The average molecular weight is 595 g/mol. The minimum atomic E-state index is -4.79. The largest absolute Gasteiger partial charge is 0.573 e. The fraction of sp³-hybridized carbons (Fsp3) is 0.154. The third kappa shape index (κ3) is 5.78. The van der Waals surface area contributed by atoms with E-state index in [2.05, 4.69) is 37.8 Å². The Balaban J connectivity index is 1.47. The third-order valence-corrected chi connectivity index (χ3v) is 8.26. The molecule has 5 aromatic rings. The van der Waals surface area contributed by atoms with Crippen LogP contribution in [0.5, 0.6) is 5.75 Å². The predicted octanol–water partition coefficient (Wildman–Crippen LogP) is 8.55. The molecule has 2 aromatic heterocycles. The Kier molecular flexibility index (Phi) is 7.85. The number of benzene rings is 3. The Morgan fingerprint density at radius 1 is 0.868 bits per heavy atom. The molecule has 0 aliphatic heterocycles. The van der Waals surface area contributed by atoms with Crippen molar-refractivity contribution in [1.29, 1.82) is 0 Å². The van der Waals surface area contributed by atoms with Gasteiger partial charge in [0.1, 0.15) is 11.6 Å². The van der Waals surface area contributed by atoms with E-state index < -0.39 is 6.36 Å². The van der Waals surface area contributed by atoms with Crippen LogP contribution in [0.25, 0.3) is 16.6 Å².